The molecule has 5 nitrogen and oxygen atoms in total. The number of rotatable bonds is 10. The Kier molecular flexibility index (Phi) is 8.37. The number of nitrogens with zero attached hydrogens (tertiary/aromatic N) is 2. The fraction of sp³-hybridized carbons (Fsp3) is 0.419. The van der Waals surface area contributed by atoms with Crippen molar-refractivity contribution in [3.05, 3.63) is 93.7 Å². The Bertz CT molecular complexity index is 1170. The molecular weight excluding hydrogens is 478 g/mol. The molecule has 0 saturated heterocycles. The molecule has 6 heteroatoms. The lowest BCUT2D eigenvalue weighted by molar-refractivity contribution is -0.124. The Morgan fingerprint density at radius 1 is 1.03 bits per heavy atom. The molecule has 0 radical (unpaired) electrons. The van der Waals surface area contributed by atoms with E-state index >= 15 is 0 Å². The van der Waals surface area contributed by atoms with Gasteiger partial charge in [-0.2, -0.15) is 0 Å². The Morgan fingerprint density at radius 3 is 2.51 bits per heavy atom. The van der Waals surface area contributed by atoms with Crippen molar-refractivity contribution in [1.82, 2.24) is 15.1 Å². The summed E-state index contributed by atoms with van der Waals surface area (Å²) in [6.45, 7) is 5.62. The third-order valence-electron chi connectivity index (χ3n) is 7.86. The van der Waals surface area contributed by atoms with Gasteiger partial charge in [-0.15, -0.1) is 11.3 Å². The van der Waals surface area contributed by atoms with Crippen LogP contribution in [0.2, 0.25) is 0 Å². The van der Waals surface area contributed by atoms with Crippen LogP contribution in [0.25, 0.3) is 0 Å². The maximum Gasteiger partial charge on any atom is 0.254 e. The van der Waals surface area contributed by atoms with Crippen LogP contribution in [0.4, 0.5) is 0 Å². The summed E-state index contributed by atoms with van der Waals surface area (Å²) >= 11 is 1.65. The van der Waals surface area contributed by atoms with Crippen molar-refractivity contribution < 1.29 is 9.59 Å². The van der Waals surface area contributed by atoms with E-state index in [0.29, 0.717) is 12.1 Å². The summed E-state index contributed by atoms with van der Waals surface area (Å²) in [4.78, 5) is 33.2. The highest BCUT2D eigenvalue weighted by molar-refractivity contribution is 7.10. The quantitative estimate of drug-likeness (QED) is 0.337. The number of fused-ring (bicyclic) bond motifs is 1. The summed E-state index contributed by atoms with van der Waals surface area (Å²) in [5.74, 6) is -0.309. The molecule has 1 saturated carbocycles. The Labute approximate surface area is 224 Å². The molecule has 2 aromatic carbocycles. The fourth-order valence-electron chi connectivity index (χ4n) is 5.99. The van der Waals surface area contributed by atoms with Crippen LogP contribution in [-0.2, 0) is 11.3 Å². The molecule has 5 rings (SSSR count). The third-order valence-corrected chi connectivity index (χ3v) is 8.80. The number of amides is 2. The van der Waals surface area contributed by atoms with Gasteiger partial charge >= 0.3 is 0 Å². The van der Waals surface area contributed by atoms with E-state index in [4.69, 9.17) is 0 Å². The molecule has 1 aliphatic carbocycles. The van der Waals surface area contributed by atoms with Crippen LogP contribution in [0.3, 0.4) is 0 Å². The summed E-state index contributed by atoms with van der Waals surface area (Å²) in [5, 5.41) is 5.31. The van der Waals surface area contributed by atoms with Crippen LogP contribution in [0.15, 0.2) is 72.1 Å². The average molecular weight is 516 g/mol. The smallest absolute Gasteiger partial charge is 0.254 e. The largest absolute Gasteiger partial charge is 0.355 e. The standard InChI is InChI=1S/C31H37N3O2S/c1-2-33(22-23-12-4-3-5-13-23)20-11-19-32-30(35)28-25-16-8-9-17-26(25)31(36)34(24-14-6-7-15-24)29(28)27-18-10-21-37-27/h3-5,8-10,12-13,16-18,21,24,28-29H,2,6-7,11,14-15,19-20,22H2,1H3,(H,32,35)/t28-,29-/m0/s1. The predicted octanol–water partition coefficient (Wildman–Crippen LogP) is 6.00. The zero-order valence-corrected chi connectivity index (χ0v) is 22.5. The zero-order chi connectivity index (χ0) is 25.6. The molecule has 1 fully saturated rings. The van der Waals surface area contributed by atoms with Gasteiger partial charge in [-0.25, -0.2) is 0 Å². The lowest BCUT2D eigenvalue weighted by atomic mass is 9.80. The van der Waals surface area contributed by atoms with Crippen LogP contribution in [0.5, 0.6) is 0 Å². The highest BCUT2D eigenvalue weighted by Gasteiger charge is 2.47. The van der Waals surface area contributed by atoms with Gasteiger partial charge in [-0.1, -0.05) is 74.4 Å². The zero-order valence-electron chi connectivity index (χ0n) is 21.6. The van der Waals surface area contributed by atoms with Gasteiger partial charge in [0.2, 0.25) is 5.91 Å². The van der Waals surface area contributed by atoms with Crippen molar-refractivity contribution in [1.29, 1.82) is 0 Å². The average Bonchev–Trinajstić information content (AvgIpc) is 3.66. The maximum absolute atomic E-state index is 13.9. The minimum atomic E-state index is -0.403. The van der Waals surface area contributed by atoms with Gasteiger partial charge in [0, 0.05) is 36.1 Å². The number of hydrogen-bond donors (Lipinski definition) is 1. The molecule has 194 valence electrons. The van der Waals surface area contributed by atoms with Gasteiger partial charge in [-0.3, -0.25) is 14.5 Å². The lowest BCUT2D eigenvalue weighted by Crippen LogP contribution is -2.50. The van der Waals surface area contributed by atoms with Crippen LogP contribution in [-0.4, -0.2) is 47.3 Å². The summed E-state index contributed by atoms with van der Waals surface area (Å²) in [5.41, 5.74) is 2.85. The molecule has 2 aliphatic rings. The molecule has 1 N–H and O–H groups in total. The fourth-order valence-corrected chi connectivity index (χ4v) is 6.86. The SMILES string of the molecule is CCN(CCCNC(=O)[C@H]1c2ccccc2C(=O)N(C2CCCC2)[C@H]1c1cccs1)Cc1ccccc1. The molecule has 2 amide bonds. The number of thiophene rings is 1. The number of hydrogen-bond acceptors (Lipinski definition) is 4. The first-order valence-corrected chi connectivity index (χ1v) is 14.5. The van der Waals surface area contributed by atoms with Crippen molar-refractivity contribution in [3.63, 3.8) is 0 Å². The monoisotopic (exact) mass is 515 g/mol. The van der Waals surface area contributed by atoms with E-state index in [-0.39, 0.29) is 23.9 Å². The Morgan fingerprint density at radius 2 is 1.78 bits per heavy atom. The molecule has 2 atom stereocenters. The summed E-state index contributed by atoms with van der Waals surface area (Å²) in [6.07, 6.45) is 5.19. The molecule has 2 heterocycles. The molecule has 1 aromatic heterocycles. The summed E-state index contributed by atoms with van der Waals surface area (Å²) in [7, 11) is 0. The summed E-state index contributed by atoms with van der Waals surface area (Å²) in [6, 6.07) is 22.3. The molecular formula is C31H37N3O2S. The molecule has 0 spiro atoms. The van der Waals surface area contributed by atoms with E-state index in [1.54, 1.807) is 11.3 Å². The first kappa shape index (κ1) is 25.7. The predicted molar refractivity (Wildman–Crippen MR) is 150 cm³/mol. The number of carbonyl (C=O) groups is 2. The van der Waals surface area contributed by atoms with E-state index in [9.17, 15) is 9.59 Å². The molecule has 0 bridgehead atoms. The first-order chi connectivity index (χ1) is 18.2. The maximum atomic E-state index is 13.9. The minimum Gasteiger partial charge on any atom is -0.355 e. The van der Waals surface area contributed by atoms with Crippen LogP contribution < -0.4 is 5.32 Å². The highest BCUT2D eigenvalue weighted by Crippen LogP contribution is 2.47. The van der Waals surface area contributed by atoms with Gasteiger partial charge in [0.25, 0.3) is 5.91 Å². The van der Waals surface area contributed by atoms with Crippen molar-refractivity contribution in [2.45, 2.75) is 63.6 Å². The highest BCUT2D eigenvalue weighted by atomic mass is 32.1. The number of nitrogens with one attached hydrogen (secondary N) is 1. The van der Waals surface area contributed by atoms with E-state index in [0.717, 1.165) is 62.2 Å². The Hall–Kier alpha value is -2.96. The van der Waals surface area contributed by atoms with Gasteiger partial charge < -0.3 is 10.2 Å². The second-order valence-corrected chi connectivity index (χ2v) is 11.2. The Balaban J connectivity index is 1.32. The summed E-state index contributed by atoms with van der Waals surface area (Å²) < 4.78 is 0. The van der Waals surface area contributed by atoms with Crippen molar-refractivity contribution in [2.75, 3.05) is 19.6 Å². The van der Waals surface area contributed by atoms with E-state index in [2.05, 4.69) is 52.4 Å². The van der Waals surface area contributed by atoms with E-state index < -0.39 is 5.92 Å². The normalized spacial score (nSPS) is 19.8. The molecule has 1 aliphatic heterocycles. The van der Waals surface area contributed by atoms with E-state index in [1.807, 2.05) is 41.8 Å². The van der Waals surface area contributed by atoms with Crippen molar-refractivity contribution >= 4 is 23.2 Å². The third kappa shape index (κ3) is 5.65. The van der Waals surface area contributed by atoms with Crippen molar-refractivity contribution in [3.8, 4) is 0 Å². The van der Waals surface area contributed by atoms with Gasteiger partial charge in [0.1, 0.15) is 0 Å². The van der Waals surface area contributed by atoms with Gasteiger partial charge in [-0.05, 0) is 54.4 Å². The van der Waals surface area contributed by atoms with E-state index in [1.165, 1.54) is 5.56 Å². The second-order valence-electron chi connectivity index (χ2n) is 10.2. The van der Waals surface area contributed by atoms with Gasteiger partial charge in [0.15, 0.2) is 0 Å². The van der Waals surface area contributed by atoms with Gasteiger partial charge in [0.05, 0.1) is 12.0 Å². The molecule has 3 aromatic rings. The first-order valence-electron chi connectivity index (χ1n) is 13.7. The molecule has 0 unspecified atom stereocenters. The number of carbonyl (C=O) groups excluding carboxylic acids is 2. The second kappa shape index (κ2) is 12.1. The van der Waals surface area contributed by atoms with Crippen LogP contribution in [0, 0.1) is 0 Å². The van der Waals surface area contributed by atoms with Crippen LogP contribution in [0.1, 0.15) is 77.3 Å². The van der Waals surface area contributed by atoms with Crippen molar-refractivity contribution in [2.24, 2.45) is 0 Å². The number of benzene rings is 2. The van der Waals surface area contributed by atoms with Crippen LogP contribution >= 0.6 is 11.3 Å². The molecule has 37 heavy (non-hydrogen) atoms. The lowest BCUT2D eigenvalue weighted by Gasteiger charge is -2.44. The topological polar surface area (TPSA) is 52.7 Å². The minimum absolute atomic E-state index is 0.0208.